The lowest BCUT2D eigenvalue weighted by Gasteiger charge is -2.08. The minimum Gasteiger partial charge on any atom is -0.309 e. The first-order chi connectivity index (χ1) is 17.8. The Morgan fingerprint density at radius 3 is 2.17 bits per heavy atom. The molecular weight excluding hydrogens is 456 g/mol. The van der Waals surface area contributed by atoms with Gasteiger partial charge in [0.25, 0.3) is 0 Å². The van der Waals surface area contributed by atoms with Crippen molar-refractivity contribution in [3.05, 3.63) is 121 Å². The molecule has 8 aromatic rings. The normalized spacial score (nSPS) is 11.9. The Morgan fingerprint density at radius 1 is 0.528 bits per heavy atom. The molecule has 0 N–H and O–H groups in total. The third kappa shape index (κ3) is 2.81. The highest BCUT2D eigenvalue weighted by atomic mass is 32.1. The minimum atomic E-state index is 1.04. The summed E-state index contributed by atoms with van der Waals surface area (Å²) >= 11 is 1.85. The third-order valence-electron chi connectivity index (χ3n) is 7.23. The quantitative estimate of drug-likeness (QED) is 0.243. The van der Waals surface area contributed by atoms with Gasteiger partial charge in [0, 0.05) is 48.2 Å². The maximum Gasteiger partial charge on any atom is 0.0722 e. The van der Waals surface area contributed by atoms with Crippen molar-refractivity contribution in [3.63, 3.8) is 0 Å². The van der Waals surface area contributed by atoms with Crippen molar-refractivity contribution in [1.82, 2.24) is 9.55 Å². The molecule has 0 amide bonds. The molecule has 0 fully saturated rings. The molecule has 2 nitrogen and oxygen atoms in total. The van der Waals surface area contributed by atoms with Crippen molar-refractivity contribution >= 4 is 64.2 Å². The highest BCUT2D eigenvalue weighted by Gasteiger charge is 2.14. The molecule has 5 aromatic carbocycles. The van der Waals surface area contributed by atoms with Crippen LogP contribution in [-0.2, 0) is 0 Å². The van der Waals surface area contributed by atoms with Gasteiger partial charge >= 0.3 is 0 Å². The van der Waals surface area contributed by atoms with Gasteiger partial charge in [0.05, 0.1) is 16.6 Å². The van der Waals surface area contributed by atoms with E-state index >= 15 is 0 Å². The number of aromatic nitrogens is 2. The number of nitrogens with zero attached hydrogens (tertiary/aromatic N) is 2. The second-order valence-corrected chi connectivity index (χ2v) is 10.3. The van der Waals surface area contributed by atoms with Crippen LogP contribution in [0, 0.1) is 0 Å². The summed E-state index contributed by atoms with van der Waals surface area (Å²) in [6.45, 7) is 0. The first-order valence-corrected chi connectivity index (χ1v) is 13.0. The Bertz CT molecular complexity index is 2100. The van der Waals surface area contributed by atoms with E-state index in [4.69, 9.17) is 4.98 Å². The Balaban J connectivity index is 1.34. The molecule has 3 heterocycles. The number of hydrogen-bond acceptors (Lipinski definition) is 2. The van der Waals surface area contributed by atoms with Crippen LogP contribution in [0.2, 0.25) is 0 Å². The molecule has 0 saturated heterocycles. The number of para-hydroxylation sites is 2. The SMILES string of the molecule is c1ccc(-n2c3ccccc3c3cc(-c4ccc5c(c4)ncc4c6ccccc6sc54)ccc32)cc1. The van der Waals surface area contributed by atoms with E-state index in [2.05, 4.69) is 120 Å². The van der Waals surface area contributed by atoms with Gasteiger partial charge in [-0.25, -0.2) is 0 Å². The number of rotatable bonds is 2. The van der Waals surface area contributed by atoms with E-state index in [0.717, 1.165) is 5.52 Å². The monoisotopic (exact) mass is 476 g/mol. The minimum absolute atomic E-state index is 1.04. The molecule has 3 aromatic heterocycles. The van der Waals surface area contributed by atoms with Gasteiger partial charge in [-0.2, -0.15) is 0 Å². The molecule has 168 valence electrons. The third-order valence-corrected chi connectivity index (χ3v) is 8.45. The maximum atomic E-state index is 4.88. The number of hydrogen-bond donors (Lipinski definition) is 0. The molecule has 0 saturated carbocycles. The van der Waals surface area contributed by atoms with Crippen LogP contribution in [-0.4, -0.2) is 9.55 Å². The summed E-state index contributed by atoms with van der Waals surface area (Å²) in [7, 11) is 0. The molecule has 0 aliphatic heterocycles. The van der Waals surface area contributed by atoms with Crippen LogP contribution < -0.4 is 0 Å². The molecule has 3 heteroatoms. The summed E-state index contributed by atoms with van der Waals surface area (Å²) < 4.78 is 4.98. The summed E-state index contributed by atoms with van der Waals surface area (Å²) in [4.78, 5) is 4.88. The van der Waals surface area contributed by atoms with Gasteiger partial charge in [0.2, 0.25) is 0 Å². The predicted octanol–water partition coefficient (Wildman–Crippen LogP) is 9.37. The van der Waals surface area contributed by atoms with Crippen LogP contribution in [0.15, 0.2) is 121 Å². The van der Waals surface area contributed by atoms with Crippen molar-refractivity contribution in [3.8, 4) is 16.8 Å². The van der Waals surface area contributed by atoms with E-state index in [0.29, 0.717) is 0 Å². The topological polar surface area (TPSA) is 17.8 Å². The molecule has 0 unspecified atom stereocenters. The lowest BCUT2D eigenvalue weighted by Crippen LogP contribution is -1.92. The van der Waals surface area contributed by atoms with Gasteiger partial charge in [-0.3, -0.25) is 4.98 Å². The lowest BCUT2D eigenvalue weighted by atomic mass is 10.0. The van der Waals surface area contributed by atoms with Gasteiger partial charge in [-0.15, -0.1) is 11.3 Å². The molecular formula is C33H20N2S. The highest BCUT2D eigenvalue weighted by Crippen LogP contribution is 2.39. The van der Waals surface area contributed by atoms with Crippen LogP contribution in [0.3, 0.4) is 0 Å². The maximum absolute atomic E-state index is 4.88. The summed E-state index contributed by atoms with van der Waals surface area (Å²) in [5.41, 5.74) is 7.06. The van der Waals surface area contributed by atoms with Crippen LogP contribution >= 0.6 is 11.3 Å². The Morgan fingerprint density at radius 2 is 1.25 bits per heavy atom. The predicted molar refractivity (Wildman–Crippen MR) is 154 cm³/mol. The fourth-order valence-corrected chi connectivity index (χ4v) is 6.76. The van der Waals surface area contributed by atoms with Gasteiger partial charge in [0.15, 0.2) is 0 Å². The van der Waals surface area contributed by atoms with E-state index < -0.39 is 0 Å². The summed E-state index contributed by atoms with van der Waals surface area (Å²) in [5, 5.41) is 6.28. The summed E-state index contributed by atoms with van der Waals surface area (Å²) in [6, 6.07) is 41.4. The number of fused-ring (bicyclic) bond motifs is 8. The average molecular weight is 477 g/mol. The van der Waals surface area contributed by atoms with Crippen molar-refractivity contribution in [1.29, 1.82) is 0 Å². The summed E-state index contributed by atoms with van der Waals surface area (Å²) in [5.74, 6) is 0. The van der Waals surface area contributed by atoms with Gasteiger partial charge in [0.1, 0.15) is 0 Å². The van der Waals surface area contributed by atoms with E-state index in [-0.39, 0.29) is 0 Å². The zero-order valence-electron chi connectivity index (χ0n) is 19.3. The van der Waals surface area contributed by atoms with Gasteiger partial charge < -0.3 is 4.57 Å². The molecule has 36 heavy (non-hydrogen) atoms. The Hall–Kier alpha value is -4.47. The number of thiophene rings is 1. The fraction of sp³-hybridized carbons (Fsp3) is 0. The molecule has 0 aliphatic carbocycles. The first-order valence-electron chi connectivity index (χ1n) is 12.1. The number of benzene rings is 5. The zero-order chi connectivity index (χ0) is 23.6. The Kier molecular flexibility index (Phi) is 4.13. The molecule has 0 aliphatic rings. The summed E-state index contributed by atoms with van der Waals surface area (Å²) in [6.07, 6.45) is 2.04. The van der Waals surface area contributed by atoms with E-state index in [9.17, 15) is 0 Å². The molecule has 0 atom stereocenters. The van der Waals surface area contributed by atoms with Crippen molar-refractivity contribution in [2.45, 2.75) is 0 Å². The zero-order valence-corrected chi connectivity index (χ0v) is 20.2. The van der Waals surface area contributed by atoms with E-state index in [1.807, 2.05) is 17.5 Å². The van der Waals surface area contributed by atoms with Gasteiger partial charge in [-0.1, -0.05) is 72.8 Å². The molecule has 8 rings (SSSR count). The average Bonchev–Trinajstić information content (AvgIpc) is 3.49. The molecule has 0 bridgehead atoms. The van der Waals surface area contributed by atoms with Crippen molar-refractivity contribution in [2.75, 3.05) is 0 Å². The van der Waals surface area contributed by atoms with Crippen LogP contribution in [0.4, 0.5) is 0 Å². The molecule has 0 radical (unpaired) electrons. The van der Waals surface area contributed by atoms with Crippen molar-refractivity contribution < 1.29 is 0 Å². The molecule has 0 spiro atoms. The standard InChI is InChI=1S/C33H20N2S/c1-2-8-23(9-3-1)35-30-12-6-4-10-24(30)27-18-21(15-17-31(27)35)22-14-16-26-29(19-22)34-20-28-25-11-5-7-13-32(25)36-33(26)28/h1-20H. The van der Waals surface area contributed by atoms with Gasteiger partial charge in [-0.05, 0) is 53.6 Å². The second kappa shape index (κ2) is 7.51. The van der Waals surface area contributed by atoms with Crippen LogP contribution in [0.5, 0.6) is 0 Å². The highest BCUT2D eigenvalue weighted by molar-refractivity contribution is 7.26. The van der Waals surface area contributed by atoms with Crippen molar-refractivity contribution in [2.24, 2.45) is 0 Å². The van der Waals surface area contributed by atoms with Crippen LogP contribution in [0.1, 0.15) is 0 Å². The van der Waals surface area contributed by atoms with E-state index in [1.165, 1.54) is 64.2 Å². The Labute approximate surface area is 211 Å². The number of pyridine rings is 1. The fourth-order valence-electron chi connectivity index (χ4n) is 5.55. The van der Waals surface area contributed by atoms with Crippen LogP contribution in [0.25, 0.3) is 69.7 Å². The second-order valence-electron chi connectivity index (χ2n) is 9.25. The largest absolute Gasteiger partial charge is 0.309 e. The van der Waals surface area contributed by atoms with E-state index in [1.54, 1.807) is 0 Å². The lowest BCUT2D eigenvalue weighted by molar-refractivity contribution is 1.18. The first kappa shape index (κ1) is 19.8. The smallest absolute Gasteiger partial charge is 0.0722 e.